The highest BCUT2D eigenvalue weighted by Crippen LogP contribution is 2.40. The summed E-state index contributed by atoms with van der Waals surface area (Å²) < 4.78 is 10.8. The average Bonchev–Trinajstić information content (AvgIpc) is 2.96. The predicted molar refractivity (Wildman–Crippen MR) is 81.9 cm³/mol. The van der Waals surface area contributed by atoms with E-state index in [1.165, 1.54) is 19.3 Å². The third kappa shape index (κ3) is 2.33. The second-order valence-electron chi connectivity index (χ2n) is 6.72. The van der Waals surface area contributed by atoms with E-state index in [-0.39, 0.29) is 18.7 Å². The van der Waals surface area contributed by atoms with Crippen molar-refractivity contribution < 1.29 is 14.3 Å². The molecule has 2 atom stereocenters. The van der Waals surface area contributed by atoms with Gasteiger partial charge in [0.2, 0.25) is 6.79 Å². The molecule has 2 unspecified atom stereocenters. The summed E-state index contributed by atoms with van der Waals surface area (Å²) in [5.74, 6) is 2.19. The van der Waals surface area contributed by atoms with Crippen LogP contribution in [0.5, 0.6) is 11.5 Å². The smallest absolute Gasteiger partial charge is 0.255 e. The van der Waals surface area contributed by atoms with Gasteiger partial charge in [-0.2, -0.15) is 0 Å². The Bertz CT molecular complexity index is 575. The standard InChI is InChI=1S/C17H22N2O3/c18-12-7-10-3-1-4-11(8-12)15(10)19-17(20)13-5-2-6-14-16(13)22-9-21-14/h2,5-6,10-12,15H,1,3-4,7-9,18H2,(H,19,20). The zero-order valence-corrected chi connectivity index (χ0v) is 12.6. The van der Waals surface area contributed by atoms with Gasteiger partial charge in [-0.05, 0) is 49.7 Å². The molecule has 2 saturated carbocycles. The summed E-state index contributed by atoms with van der Waals surface area (Å²) in [4.78, 5) is 12.7. The lowest BCUT2D eigenvalue weighted by molar-refractivity contribution is 0.0752. The van der Waals surface area contributed by atoms with Crippen LogP contribution in [-0.4, -0.2) is 24.8 Å². The number of hydrogen-bond donors (Lipinski definition) is 2. The van der Waals surface area contributed by atoms with Crippen molar-refractivity contribution in [2.45, 2.75) is 44.2 Å². The van der Waals surface area contributed by atoms with E-state index in [4.69, 9.17) is 15.2 Å². The van der Waals surface area contributed by atoms with E-state index in [0.717, 1.165) is 12.8 Å². The summed E-state index contributed by atoms with van der Waals surface area (Å²) in [5.41, 5.74) is 6.73. The van der Waals surface area contributed by atoms with Gasteiger partial charge in [-0.1, -0.05) is 12.5 Å². The molecule has 1 heterocycles. The Hall–Kier alpha value is -1.75. The highest BCUT2D eigenvalue weighted by atomic mass is 16.7. The van der Waals surface area contributed by atoms with Crippen molar-refractivity contribution in [1.29, 1.82) is 0 Å². The molecule has 1 aliphatic heterocycles. The molecule has 118 valence electrons. The molecule has 0 radical (unpaired) electrons. The summed E-state index contributed by atoms with van der Waals surface area (Å²) in [6.07, 6.45) is 5.64. The molecular formula is C17H22N2O3. The van der Waals surface area contributed by atoms with Crippen LogP contribution >= 0.6 is 0 Å². The van der Waals surface area contributed by atoms with Crippen LogP contribution in [0.15, 0.2) is 18.2 Å². The number of rotatable bonds is 2. The number of fused-ring (bicyclic) bond motifs is 3. The van der Waals surface area contributed by atoms with Crippen LogP contribution in [0.4, 0.5) is 0 Å². The summed E-state index contributed by atoms with van der Waals surface area (Å²) in [6, 6.07) is 6.00. The molecule has 4 rings (SSSR count). The summed E-state index contributed by atoms with van der Waals surface area (Å²) in [7, 11) is 0. The Labute approximate surface area is 130 Å². The number of amides is 1. The fourth-order valence-electron chi connectivity index (χ4n) is 4.36. The van der Waals surface area contributed by atoms with Gasteiger partial charge in [0.25, 0.3) is 5.91 Å². The first kappa shape index (κ1) is 13.9. The van der Waals surface area contributed by atoms with Crippen molar-refractivity contribution in [3.05, 3.63) is 23.8 Å². The zero-order chi connectivity index (χ0) is 15.1. The fourth-order valence-corrected chi connectivity index (χ4v) is 4.36. The van der Waals surface area contributed by atoms with E-state index >= 15 is 0 Å². The number of nitrogens with one attached hydrogen (secondary N) is 1. The lowest BCUT2D eigenvalue weighted by Gasteiger charge is -2.45. The summed E-state index contributed by atoms with van der Waals surface area (Å²) in [6.45, 7) is 0.184. The van der Waals surface area contributed by atoms with Crippen LogP contribution in [0.3, 0.4) is 0 Å². The highest BCUT2D eigenvalue weighted by molar-refractivity contribution is 5.98. The van der Waals surface area contributed by atoms with E-state index < -0.39 is 0 Å². The summed E-state index contributed by atoms with van der Waals surface area (Å²) >= 11 is 0. The molecule has 5 heteroatoms. The first-order valence-electron chi connectivity index (χ1n) is 8.17. The van der Waals surface area contributed by atoms with Gasteiger partial charge in [-0.25, -0.2) is 0 Å². The maximum Gasteiger partial charge on any atom is 0.255 e. The Morgan fingerprint density at radius 1 is 1.18 bits per heavy atom. The third-order valence-electron chi connectivity index (χ3n) is 5.32. The molecular weight excluding hydrogens is 280 g/mol. The lowest BCUT2D eigenvalue weighted by atomic mass is 9.67. The molecule has 3 aliphatic rings. The second-order valence-corrected chi connectivity index (χ2v) is 6.72. The molecule has 2 bridgehead atoms. The van der Waals surface area contributed by atoms with Gasteiger partial charge in [0, 0.05) is 12.1 Å². The number of hydrogen-bond acceptors (Lipinski definition) is 4. The van der Waals surface area contributed by atoms with Crippen LogP contribution < -0.4 is 20.5 Å². The van der Waals surface area contributed by atoms with Crippen LogP contribution in [0.2, 0.25) is 0 Å². The normalized spacial score (nSPS) is 32.6. The van der Waals surface area contributed by atoms with Crippen LogP contribution in [0.25, 0.3) is 0 Å². The van der Waals surface area contributed by atoms with Crippen molar-refractivity contribution in [3.63, 3.8) is 0 Å². The first-order valence-corrected chi connectivity index (χ1v) is 8.17. The minimum absolute atomic E-state index is 0.0558. The minimum atomic E-state index is -0.0558. The van der Waals surface area contributed by atoms with E-state index in [2.05, 4.69) is 5.32 Å². The Morgan fingerprint density at radius 3 is 2.73 bits per heavy atom. The van der Waals surface area contributed by atoms with Crippen molar-refractivity contribution in [1.82, 2.24) is 5.32 Å². The molecule has 1 aromatic carbocycles. The van der Waals surface area contributed by atoms with Gasteiger partial charge in [-0.3, -0.25) is 4.79 Å². The molecule has 3 N–H and O–H groups in total. The molecule has 2 fully saturated rings. The topological polar surface area (TPSA) is 73.6 Å². The molecule has 22 heavy (non-hydrogen) atoms. The maximum atomic E-state index is 12.7. The molecule has 1 amide bonds. The number of ether oxygens (including phenoxy) is 2. The predicted octanol–water partition coefficient (Wildman–Crippen LogP) is 2.05. The van der Waals surface area contributed by atoms with E-state index in [0.29, 0.717) is 34.9 Å². The minimum Gasteiger partial charge on any atom is -0.454 e. The van der Waals surface area contributed by atoms with E-state index in [9.17, 15) is 4.79 Å². The van der Waals surface area contributed by atoms with Gasteiger partial charge >= 0.3 is 0 Å². The van der Waals surface area contributed by atoms with Crippen molar-refractivity contribution in [2.24, 2.45) is 17.6 Å². The Morgan fingerprint density at radius 2 is 1.95 bits per heavy atom. The molecule has 2 aliphatic carbocycles. The lowest BCUT2D eigenvalue weighted by Crippen LogP contribution is -2.53. The van der Waals surface area contributed by atoms with Gasteiger partial charge in [0.05, 0.1) is 5.56 Å². The first-order chi connectivity index (χ1) is 10.7. The van der Waals surface area contributed by atoms with Gasteiger partial charge in [0.1, 0.15) is 0 Å². The maximum absolute atomic E-state index is 12.7. The molecule has 5 nitrogen and oxygen atoms in total. The van der Waals surface area contributed by atoms with E-state index in [1.54, 1.807) is 6.07 Å². The third-order valence-corrected chi connectivity index (χ3v) is 5.32. The molecule has 0 spiro atoms. The quantitative estimate of drug-likeness (QED) is 0.877. The molecule has 1 aromatic rings. The molecule has 0 saturated heterocycles. The van der Waals surface area contributed by atoms with Crippen molar-refractivity contribution in [2.75, 3.05) is 6.79 Å². The highest BCUT2D eigenvalue weighted by Gasteiger charge is 2.40. The van der Waals surface area contributed by atoms with Crippen LogP contribution in [0, 0.1) is 11.8 Å². The van der Waals surface area contributed by atoms with Crippen molar-refractivity contribution in [3.8, 4) is 11.5 Å². The summed E-state index contributed by atoms with van der Waals surface area (Å²) in [5, 5.41) is 3.26. The SMILES string of the molecule is NC1CC2CCCC(C1)C2NC(=O)c1cccc2c1OCO2. The number of nitrogens with two attached hydrogens (primary N) is 1. The monoisotopic (exact) mass is 302 g/mol. The zero-order valence-electron chi connectivity index (χ0n) is 12.6. The number of benzene rings is 1. The van der Waals surface area contributed by atoms with Crippen molar-refractivity contribution >= 4 is 5.91 Å². The Balaban J connectivity index is 1.54. The van der Waals surface area contributed by atoms with Gasteiger partial charge in [0.15, 0.2) is 11.5 Å². The number of carbonyl (C=O) groups excluding carboxylic acids is 1. The second kappa shape index (κ2) is 5.47. The largest absolute Gasteiger partial charge is 0.454 e. The fraction of sp³-hybridized carbons (Fsp3) is 0.588. The molecule has 0 aromatic heterocycles. The number of para-hydroxylation sites is 1. The van der Waals surface area contributed by atoms with Crippen LogP contribution in [0.1, 0.15) is 42.5 Å². The number of carbonyl (C=O) groups is 1. The van der Waals surface area contributed by atoms with E-state index in [1.807, 2.05) is 12.1 Å². The Kier molecular flexibility index (Phi) is 3.45. The van der Waals surface area contributed by atoms with Gasteiger partial charge < -0.3 is 20.5 Å². The average molecular weight is 302 g/mol. The van der Waals surface area contributed by atoms with Gasteiger partial charge in [-0.15, -0.1) is 0 Å². The van der Waals surface area contributed by atoms with Crippen LogP contribution in [-0.2, 0) is 0 Å².